The molecule has 0 atom stereocenters. The zero-order chi connectivity index (χ0) is 16.6. The molecule has 24 heavy (non-hydrogen) atoms. The van der Waals surface area contributed by atoms with Crippen molar-refractivity contribution in [3.8, 4) is 5.75 Å². The van der Waals surface area contributed by atoms with Gasteiger partial charge in [-0.1, -0.05) is 90.6 Å². The predicted octanol–water partition coefficient (Wildman–Crippen LogP) is 5.34. The van der Waals surface area contributed by atoms with Crippen LogP contribution in [0.1, 0.15) is 21.5 Å². The molecule has 3 aromatic carbocycles. The molecule has 3 aromatic rings. The van der Waals surface area contributed by atoms with E-state index in [2.05, 4.69) is 0 Å². The summed E-state index contributed by atoms with van der Waals surface area (Å²) in [4.78, 5) is 12.2. The maximum atomic E-state index is 12.2. The Morgan fingerprint density at radius 3 is 2.17 bits per heavy atom. The highest BCUT2D eigenvalue weighted by atomic mass is 32.2. The number of benzene rings is 3. The first-order valence-electron chi connectivity index (χ1n) is 7.80. The maximum Gasteiger partial charge on any atom is 0.219 e. The van der Waals surface area contributed by atoms with Gasteiger partial charge in [-0.2, -0.15) is 0 Å². The summed E-state index contributed by atoms with van der Waals surface area (Å²) in [5, 5.41) is 0.0773. The Balaban J connectivity index is 1.63. The Morgan fingerprint density at radius 2 is 1.42 bits per heavy atom. The quantitative estimate of drug-likeness (QED) is 0.609. The fourth-order valence-electron chi connectivity index (χ4n) is 2.30. The minimum atomic E-state index is 0.0773. The van der Waals surface area contributed by atoms with Crippen molar-refractivity contribution < 1.29 is 9.53 Å². The summed E-state index contributed by atoms with van der Waals surface area (Å²) >= 11 is 1.30. The summed E-state index contributed by atoms with van der Waals surface area (Å²) in [5.74, 6) is 1.42. The van der Waals surface area contributed by atoms with Crippen molar-refractivity contribution in [2.75, 3.05) is 0 Å². The van der Waals surface area contributed by atoms with E-state index >= 15 is 0 Å². The molecule has 2 nitrogen and oxygen atoms in total. The predicted molar refractivity (Wildman–Crippen MR) is 99.3 cm³/mol. The molecule has 3 rings (SSSR count). The number of carbonyl (C=O) groups excluding carboxylic acids is 1. The van der Waals surface area contributed by atoms with Crippen molar-refractivity contribution in [2.45, 2.75) is 12.4 Å². The first kappa shape index (κ1) is 16.3. The van der Waals surface area contributed by atoms with Crippen molar-refractivity contribution in [1.82, 2.24) is 0 Å². The number of thioether (sulfide) groups is 1. The van der Waals surface area contributed by atoms with Gasteiger partial charge < -0.3 is 4.74 Å². The molecule has 0 amide bonds. The summed E-state index contributed by atoms with van der Waals surface area (Å²) in [6.07, 6.45) is 0. The van der Waals surface area contributed by atoms with Crippen LogP contribution in [0.5, 0.6) is 5.75 Å². The van der Waals surface area contributed by atoms with Gasteiger partial charge in [0.2, 0.25) is 5.12 Å². The van der Waals surface area contributed by atoms with Gasteiger partial charge in [-0.15, -0.1) is 0 Å². The zero-order valence-electron chi connectivity index (χ0n) is 13.2. The highest BCUT2D eigenvalue weighted by Crippen LogP contribution is 2.26. The molecule has 0 aliphatic heterocycles. The second-order valence-electron chi connectivity index (χ2n) is 5.32. The Kier molecular flexibility index (Phi) is 5.70. The van der Waals surface area contributed by atoms with Gasteiger partial charge in [-0.05, 0) is 11.6 Å². The van der Waals surface area contributed by atoms with Crippen LogP contribution >= 0.6 is 11.8 Å². The smallest absolute Gasteiger partial charge is 0.219 e. The van der Waals surface area contributed by atoms with Crippen molar-refractivity contribution in [1.29, 1.82) is 0 Å². The summed E-state index contributed by atoms with van der Waals surface area (Å²) < 4.78 is 5.94. The molecule has 120 valence electrons. The van der Waals surface area contributed by atoms with Crippen LogP contribution in [0.3, 0.4) is 0 Å². The zero-order valence-corrected chi connectivity index (χ0v) is 14.0. The lowest BCUT2D eigenvalue weighted by atomic mass is 10.2. The van der Waals surface area contributed by atoms with Crippen LogP contribution in [-0.4, -0.2) is 5.12 Å². The van der Waals surface area contributed by atoms with Crippen LogP contribution in [0.15, 0.2) is 84.9 Å². The van der Waals surface area contributed by atoms with Crippen LogP contribution in [0, 0.1) is 0 Å². The average molecular weight is 334 g/mol. The van der Waals surface area contributed by atoms with E-state index in [9.17, 15) is 4.79 Å². The Morgan fingerprint density at radius 1 is 0.792 bits per heavy atom. The average Bonchev–Trinajstić information content (AvgIpc) is 2.66. The summed E-state index contributed by atoms with van der Waals surface area (Å²) in [5.41, 5.74) is 2.88. The maximum absolute atomic E-state index is 12.2. The lowest BCUT2D eigenvalue weighted by Gasteiger charge is -2.11. The van der Waals surface area contributed by atoms with Gasteiger partial charge in [0.1, 0.15) is 12.4 Å². The summed E-state index contributed by atoms with van der Waals surface area (Å²) in [6.45, 7) is 0.523. The van der Waals surface area contributed by atoms with E-state index in [1.165, 1.54) is 11.8 Å². The third-order valence-corrected chi connectivity index (χ3v) is 4.53. The Labute approximate surface area is 146 Å². The fourth-order valence-corrected chi connectivity index (χ4v) is 3.13. The van der Waals surface area contributed by atoms with Gasteiger partial charge in [0, 0.05) is 16.9 Å². The topological polar surface area (TPSA) is 26.3 Å². The molecule has 0 aromatic heterocycles. The standard InChI is InChI=1S/C21H18O2S/c22-21(18-11-5-2-6-12-18)24-16-19-13-7-8-14-20(19)23-15-17-9-3-1-4-10-17/h1-14H,15-16H2. The van der Waals surface area contributed by atoms with E-state index in [4.69, 9.17) is 4.74 Å². The van der Waals surface area contributed by atoms with Gasteiger partial charge in [0.15, 0.2) is 0 Å². The normalized spacial score (nSPS) is 10.3. The van der Waals surface area contributed by atoms with E-state index in [1.54, 1.807) is 0 Å². The molecule has 0 aliphatic carbocycles. The molecule has 0 fully saturated rings. The number of para-hydroxylation sites is 1. The monoisotopic (exact) mass is 334 g/mol. The molecule has 0 aliphatic rings. The van der Waals surface area contributed by atoms with E-state index in [0.717, 1.165) is 22.4 Å². The van der Waals surface area contributed by atoms with E-state index in [-0.39, 0.29) is 5.12 Å². The van der Waals surface area contributed by atoms with Crippen molar-refractivity contribution >= 4 is 16.9 Å². The lowest BCUT2D eigenvalue weighted by Crippen LogP contribution is -1.99. The fraction of sp³-hybridized carbons (Fsp3) is 0.0952. The molecule has 0 radical (unpaired) electrons. The van der Waals surface area contributed by atoms with Gasteiger partial charge in [0.25, 0.3) is 0 Å². The van der Waals surface area contributed by atoms with Gasteiger partial charge >= 0.3 is 0 Å². The number of hydrogen-bond acceptors (Lipinski definition) is 3. The van der Waals surface area contributed by atoms with Crippen LogP contribution in [0.4, 0.5) is 0 Å². The van der Waals surface area contributed by atoms with Crippen molar-refractivity contribution in [3.05, 3.63) is 102 Å². The third kappa shape index (κ3) is 4.49. The van der Waals surface area contributed by atoms with Crippen LogP contribution in [0.25, 0.3) is 0 Å². The van der Waals surface area contributed by atoms with Gasteiger partial charge in [0.05, 0.1) is 0 Å². The molecule has 0 bridgehead atoms. The number of rotatable bonds is 6. The second-order valence-corrected chi connectivity index (χ2v) is 6.27. The minimum absolute atomic E-state index is 0.0773. The molecule has 0 N–H and O–H groups in total. The molecular formula is C21H18O2S. The third-order valence-electron chi connectivity index (χ3n) is 3.58. The van der Waals surface area contributed by atoms with E-state index < -0.39 is 0 Å². The Bertz CT molecular complexity index is 785. The van der Waals surface area contributed by atoms with E-state index in [1.807, 2.05) is 84.9 Å². The highest BCUT2D eigenvalue weighted by Gasteiger charge is 2.09. The molecule has 0 spiro atoms. The second kappa shape index (κ2) is 8.37. The van der Waals surface area contributed by atoms with Crippen LogP contribution in [-0.2, 0) is 12.4 Å². The largest absolute Gasteiger partial charge is 0.489 e. The molecular weight excluding hydrogens is 316 g/mol. The van der Waals surface area contributed by atoms with E-state index in [0.29, 0.717) is 12.4 Å². The van der Waals surface area contributed by atoms with Crippen molar-refractivity contribution in [3.63, 3.8) is 0 Å². The van der Waals surface area contributed by atoms with Gasteiger partial charge in [-0.3, -0.25) is 4.79 Å². The minimum Gasteiger partial charge on any atom is -0.489 e. The first-order chi connectivity index (χ1) is 11.8. The number of ether oxygens (including phenoxy) is 1. The van der Waals surface area contributed by atoms with Crippen LogP contribution < -0.4 is 4.74 Å². The Hall–Kier alpha value is -2.52. The number of carbonyl (C=O) groups is 1. The molecule has 0 heterocycles. The summed E-state index contributed by atoms with van der Waals surface area (Å²) in [6, 6.07) is 27.3. The molecule has 0 unspecified atom stereocenters. The van der Waals surface area contributed by atoms with Crippen LogP contribution in [0.2, 0.25) is 0 Å². The summed E-state index contributed by atoms with van der Waals surface area (Å²) in [7, 11) is 0. The molecule has 3 heteroatoms. The molecule has 0 saturated heterocycles. The van der Waals surface area contributed by atoms with Gasteiger partial charge in [-0.25, -0.2) is 0 Å². The SMILES string of the molecule is O=C(SCc1ccccc1OCc1ccccc1)c1ccccc1. The highest BCUT2D eigenvalue weighted by molar-refractivity contribution is 8.13. The number of hydrogen-bond donors (Lipinski definition) is 0. The van der Waals surface area contributed by atoms with Crippen molar-refractivity contribution in [2.24, 2.45) is 0 Å². The first-order valence-corrected chi connectivity index (χ1v) is 8.78. The molecule has 0 saturated carbocycles. The lowest BCUT2D eigenvalue weighted by molar-refractivity contribution is 0.108.